The fourth-order valence-corrected chi connectivity index (χ4v) is 2.14. The molecule has 0 aromatic carbocycles. The zero-order valence-corrected chi connectivity index (χ0v) is 12.8. The van der Waals surface area contributed by atoms with Crippen molar-refractivity contribution in [3.8, 4) is 0 Å². The van der Waals surface area contributed by atoms with Gasteiger partial charge in [-0.2, -0.15) is 0 Å². The summed E-state index contributed by atoms with van der Waals surface area (Å²) in [5.41, 5.74) is 12.2. The maximum absolute atomic E-state index is 13.0. The molecule has 1 unspecified atom stereocenters. The number of fused-ring (bicyclic) bond motifs is 1. The maximum atomic E-state index is 13.0. The van der Waals surface area contributed by atoms with E-state index in [9.17, 15) is 9.18 Å². The van der Waals surface area contributed by atoms with Gasteiger partial charge in [0.1, 0.15) is 30.3 Å². The molecule has 2 aromatic rings. The molecule has 122 valence electrons. The molecule has 0 aliphatic rings. The molecule has 23 heavy (non-hydrogen) atoms. The van der Waals surface area contributed by atoms with Crippen molar-refractivity contribution >= 4 is 28.6 Å². The fourth-order valence-electron chi connectivity index (χ4n) is 2.14. The van der Waals surface area contributed by atoms with Crippen LogP contribution in [0.5, 0.6) is 0 Å². The first-order valence-electron chi connectivity index (χ1n) is 6.85. The van der Waals surface area contributed by atoms with E-state index in [0.29, 0.717) is 16.7 Å². The Bertz CT molecular complexity index is 792. The van der Waals surface area contributed by atoms with E-state index >= 15 is 0 Å². The van der Waals surface area contributed by atoms with Crippen LogP contribution in [0, 0.1) is 5.41 Å². The Morgan fingerprint density at radius 2 is 2.26 bits per heavy atom. The third-order valence-corrected chi connectivity index (χ3v) is 3.20. The first-order valence-corrected chi connectivity index (χ1v) is 6.85. The minimum atomic E-state index is -0.625. The predicted octanol–water partition coefficient (Wildman–Crippen LogP) is 1.11. The Hall–Kier alpha value is -2.97. The molecule has 2 aromatic heterocycles. The molecule has 6 N–H and O–H groups in total. The predicted molar refractivity (Wildman–Crippen MR) is 85.8 cm³/mol. The summed E-state index contributed by atoms with van der Waals surface area (Å²) in [7, 11) is 0. The lowest BCUT2D eigenvalue weighted by Crippen LogP contribution is -2.29. The van der Waals surface area contributed by atoms with Crippen molar-refractivity contribution in [1.82, 2.24) is 19.9 Å². The molecule has 8 nitrogen and oxygen atoms in total. The lowest BCUT2D eigenvalue weighted by atomic mass is 10.2. The van der Waals surface area contributed by atoms with Gasteiger partial charge in [-0.15, -0.1) is 0 Å². The van der Waals surface area contributed by atoms with E-state index in [2.05, 4.69) is 15.3 Å². The van der Waals surface area contributed by atoms with Crippen LogP contribution in [-0.4, -0.2) is 33.0 Å². The van der Waals surface area contributed by atoms with Crippen LogP contribution in [0.15, 0.2) is 24.3 Å². The molecule has 0 aliphatic heterocycles. The molecular formula is C14H18FN7O. The van der Waals surface area contributed by atoms with Crippen LogP contribution < -0.4 is 16.8 Å². The summed E-state index contributed by atoms with van der Waals surface area (Å²) in [5, 5.41) is 10.4. The lowest BCUT2D eigenvalue weighted by Gasteiger charge is -2.09. The van der Waals surface area contributed by atoms with Crippen molar-refractivity contribution in [2.45, 2.75) is 19.9 Å². The number of aromatic nitrogens is 3. The third kappa shape index (κ3) is 3.28. The molecule has 0 fully saturated rings. The number of hydrogen-bond acceptors (Lipinski definition) is 6. The number of nitrogens with one attached hydrogen (secondary N) is 2. The molecule has 0 aliphatic carbocycles. The van der Waals surface area contributed by atoms with Crippen molar-refractivity contribution in [1.29, 1.82) is 5.41 Å². The van der Waals surface area contributed by atoms with Crippen molar-refractivity contribution in [2.75, 3.05) is 12.4 Å². The van der Waals surface area contributed by atoms with Gasteiger partial charge in [-0.25, -0.2) is 14.4 Å². The van der Waals surface area contributed by atoms with Gasteiger partial charge in [0, 0.05) is 11.9 Å². The Balaban J connectivity index is 2.50. The molecule has 0 saturated heterocycles. The quantitative estimate of drug-likeness (QED) is 0.494. The topological polar surface area (TPSA) is 136 Å². The number of carbonyl (C=O) groups is 1. The summed E-state index contributed by atoms with van der Waals surface area (Å²) in [4.78, 5) is 20.3. The second-order valence-corrected chi connectivity index (χ2v) is 5.17. The standard InChI is InChI=1S/C14H18FN7O/c1-7(16)3-10(17)21-14(23)9-5-22(8(2)4-15)13-11(9)12(18)19-6-20-13/h3,5-6,8H,4,16H2,1-2H3,(H2,17,21,23)(H2,18,19,20)/b7-3-. The van der Waals surface area contributed by atoms with Crippen LogP contribution in [0.3, 0.4) is 0 Å². The molecule has 2 rings (SSSR count). The number of nitrogen functional groups attached to an aromatic ring is 1. The second-order valence-electron chi connectivity index (χ2n) is 5.17. The van der Waals surface area contributed by atoms with Gasteiger partial charge in [0.25, 0.3) is 5.91 Å². The van der Waals surface area contributed by atoms with Crippen LogP contribution >= 0.6 is 0 Å². The number of allylic oxidation sites excluding steroid dienone is 1. The Labute approximate surface area is 131 Å². The van der Waals surface area contributed by atoms with Gasteiger partial charge in [0.15, 0.2) is 0 Å². The smallest absolute Gasteiger partial charge is 0.259 e. The van der Waals surface area contributed by atoms with E-state index in [4.69, 9.17) is 16.9 Å². The number of carbonyl (C=O) groups excluding carboxylic acids is 1. The van der Waals surface area contributed by atoms with Crippen LogP contribution in [0.1, 0.15) is 30.2 Å². The second kappa shape index (κ2) is 6.42. The number of nitrogens with two attached hydrogens (primary N) is 2. The maximum Gasteiger partial charge on any atom is 0.259 e. The molecule has 0 saturated carbocycles. The van der Waals surface area contributed by atoms with Gasteiger partial charge < -0.3 is 21.4 Å². The van der Waals surface area contributed by atoms with Crippen molar-refractivity contribution in [3.63, 3.8) is 0 Å². The number of halogens is 1. The Morgan fingerprint density at radius 1 is 1.57 bits per heavy atom. The van der Waals surface area contributed by atoms with Gasteiger partial charge in [-0.3, -0.25) is 10.2 Å². The summed E-state index contributed by atoms with van der Waals surface area (Å²) in [5.74, 6) is -0.615. The van der Waals surface area contributed by atoms with Gasteiger partial charge in [-0.05, 0) is 19.9 Å². The summed E-state index contributed by atoms with van der Waals surface area (Å²) < 4.78 is 14.5. The summed E-state index contributed by atoms with van der Waals surface area (Å²) in [6.45, 7) is 2.63. The zero-order valence-electron chi connectivity index (χ0n) is 12.8. The number of alkyl halides is 1. The van der Waals surface area contributed by atoms with E-state index in [1.165, 1.54) is 23.2 Å². The molecule has 9 heteroatoms. The molecule has 0 radical (unpaired) electrons. The van der Waals surface area contributed by atoms with Crippen LogP contribution in [0.4, 0.5) is 10.2 Å². The average Bonchev–Trinajstić information content (AvgIpc) is 2.86. The van der Waals surface area contributed by atoms with Crippen LogP contribution in [0.2, 0.25) is 0 Å². The third-order valence-electron chi connectivity index (χ3n) is 3.20. The molecule has 2 heterocycles. The van der Waals surface area contributed by atoms with Gasteiger partial charge in [0.2, 0.25) is 0 Å². The Morgan fingerprint density at radius 3 is 2.87 bits per heavy atom. The van der Waals surface area contributed by atoms with Crippen molar-refractivity contribution < 1.29 is 9.18 Å². The summed E-state index contributed by atoms with van der Waals surface area (Å²) in [6, 6.07) is -0.515. The number of nitrogens with zero attached hydrogens (tertiary/aromatic N) is 3. The molecule has 0 spiro atoms. The summed E-state index contributed by atoms with van der Waals surface area (Å²) in [6.07, 6.45) is 4.02. The highest BCUT2D eigenvalue weighted by Gasteiger charge is 2.21. The number of anilines is 1. The number of amidine groups is 1. The monoisotopic (exact) mass is 319 g/mol. The fraction of sp³-hybridized carbons (Fsp3) is 0.286. The molecule has 1 atom stereocenters. The molecule has 0 bridgehead atoms. The van der Waals surface area contributed by atoms with Crippen molar-refractivity contribution in [3.05, 3.63) is 29.9 Å². The van der Waals surface area contributed by atoms with Crippen molar-refractivity contribution in [2.24, 2.45) is 5.73 Å². The minimum absolute atomic E-state index is 0.113. The Kier molecular flexibility index (Phi) is 4.58. The average molecular weight is 319 g/mol. The lowest BCUT2D eigenvalue weighted by molar-refractivity contribution is 0.0978. The van der Waals surface area contributed by atoms with E-state index < -0.39 is 18.6 Å². The SMILES string of the molecule is C/C(N)=C/C(=N)NC(=O)c1cn(C(C)CF)c2ncnc(N)c12. The molecule has 1 amide bonds. The van der Waals surface area contributed by atoms with E-state index in [0.717, 1.165) is 0 Å². The van der Waals surface area contributed by atoms with E-state index in [1.54, 1.807) is 13.8 Å². The van der Waals surface area contributed by atoms with Gasteiger partial charge in [-0.1, -0.05) is 0 Å². The highest BCUT2D eigenvalue weighted by molar-refractivity contribution is 6.16. The highest BCUT2D eigenvalue weighted by atomic mass is 19.1. The van der Waals surface area contributed by atoms with E-state index in [-0.39, 0.29) is 17.2 Å². The summed E-state index contributed by atoms with van der Waals surface area (Å²) >= 11 is 0. The van der Waals surface area contributed by atoms with Crippen LogP contribution in [0.25, 0.3) is 11.0 Å². The number of hydrogen-bond donors (Lipinski definition) is 4. The zero-order chi connectivity index (χ0) is 17.1. The van der Waals surface area contributed by atoms with Gasteiger partial charge in [0.05, 0.1) is 17.0 Å². The highest BCUT2D eigenvalue weighted by Crippen LogP contribution is 2.26. The minimum Gasteiger partial charge on any atom is -0.402 e. The van der Waals surface area contributed by atoms with Crippen LogP contribution in [-0.2, 0) is 0 Å². The number of amides is 1. The number of rotatable bonds is 4. The van der Waals surface area contributed by atoms with E-state index in [1.807, 2.05) is 0 Å². The van der Waals surface area contributed by atoms with Gasteiger partial charge >= 0.3 is 0 Å². The first-order chi connectivity index (χ1) is 10.8. The normalized spacial score (nSPS) is 13.1. The first kappa shape index (κ1) is 16.4. The largest absolute Gasteiger partial charge is 0.402 e. The molecular weight excluding hydrogens is 301 g/mol.